The number of ether oxygens (including phenoxy) is 2. The van der Waals surface area contributed by atoms with Gasteiger partial charge in [-0.2, -0.15) is 0 Å². The zero-order valence-electron chi connectivity index (χ0n) is 14.3. The number of rotatable bonds is 4. The molecule has 1 aromatic heterocycles. The molecule has 9 nitrogen and oxygen atoms in total. The lowest BCUT2D eigenvalue weighted by atomic mass is 10.2. The quantitative estimate of drug-likeness (QED) is 0.622. The van der Waals surface area contributed by atoms with Crippen LogP contribution in [0.3, 0.4) is 0 Å². The van der Waals surface area contributed by atoms with Crippen LogP contribution in [0.5, 0.6) is 11.5 Å². The summed E-state index contributed by atoms with van der Waals surface area (Å²) < 4.78 is 24.5. The zero-order chi connectivity index (χ0) is 19.5. The average Bonchev–Trinajstić information content (AvgIpc) is 2.47. The van der Waals surface area contributed by atoms with Crippen molar-refractivity contribution in [2.24, 2.45) is 0 Å². The molecule has 1 aromatic carbocycles. The zero-order valence-corrected chi connectivity index (χ0v) is 14.3. The number of carbonyl (C=O) groups is 1. The van der Waals surface area contributed by atoms with Crippen LogP contribution < -0.4 is 15.8 Å². The number of nitro groups is 1. The second-order valence-electron chi connectivity index (χ2n) is 6.17. The molecular weight excluding hydrogens is 347 g/mol. The highest BCUT2D eigenvalue weighted by Gasteiger charge is 2.22. The normalized spacial score (nSPS) is 10.9. The highest BCUT2D eigenvalue weighted by Crippen LogP contribution is 2.35. The lowest BCUT2D eigenvalue weighted by molar-refractivity contribution is -0.384. The van der Waals surface area contributed by atoms with Crippen molar-refractivity contribution in [1.29, 1.82) is 0 Å². The van der Waals surface area contributed by atoms with Gasteiger partial charge in [0.2, 0.25) is 11.6 Å². The Morgan fingerprint density at radius 3 is 2.58 bits per heavy atom. The van der Waals surface area contributed by atoms with E-state index in [1.165, 1.54) is 24.4 Å². The van der Waals surface area contributed by atoms with E-state index < -0.39 is 28.1 Å². The molecule has 0 spiro atoms. The van der Waals surface area contributed by atoms with Gasteiger partial charge in [-0.25, -0.2) is 14.2 Å². The molecule has 138 valence electrons. The van der Waals surface area contributed by atoms with Crippen LogP contribution in [0, 0.1) is 15.9 Å². The highest BCUT2D eigenvalue weighted by molar-refractivity contribution is 5.85. The molecule has 0 saturated carbocycles. The van der Waals surface area contributed by atoms with Gasteiger partial charge in [0.05, 0.1) is 4.92 Å². The predicted octanol–water partition coefficient (Wildman–Crippen LogP) is 3.85. The molecule has 0 aliphatic carbocycles. The third-order valence-corrected chi connectivity index (χ3v) is 2.90. The molecule has 0 radical (unpaired) electrons. The van der Waals surface area contributed by atoms with E-state index in [1.807, 2.05) is 0 Å². The minimum absolute atomic E-state index is 0.132. The van der Waals surface area contributed by atoms with Gasteiger partial charge in [0.25, 0.3) is 0 Å². The number of pyridine rings is 1. The van der Waals surface area contributed by atoms with Crippen molar-refractivity contribution in [2.45, 2.75) is 26.4 Å². The first-order valence-corrected chi connectivity index (χ1v) is 7.43. The van der Waals surface area contributed by atoms with E-state index in [1.54, 1.807) is 20.8 Å². The van der Waals surface area contributed by atoms with Gasteiger partial charge < -0.3 is 15.2 Å². The molecule has 0 atom stereocenters. The second kappa shape index (κ2) is 7.21. The van der Waals surface area contributed by atoms with Crippen LogP contribution in [-0.4, -0.2) is 21.6 Å². The minimum atomic E-state index is -0.844. The SMILES string of the molecule is CC(C)(C)OC(=O)Nc1ccc(Oc2ccnc(N)c2[N+](=O)[O-])c(F)c1. The van der Waals surface area contributed by atoms with Gasteiger partial charge in [0, 0.05) is 24.0 Å². The molecular formula is C16H17FN4O5. The van der Waals surface area contributed by atoms with E-state index in [-0.39, 0.29) is 23.0 Å². The van der Waals surface area contributed by atoms with Gasteiger partial charge in [-0.1, -0.05) is 0 Å². The molecule has 0 aliphatic heterocycles. The molecule has 26 heavy (non-hydrogen) atoms. The number of hydrogen-bond acceptors (Lipinski definition) is 7. The number of nitrogens with two attached hydrogens (primary N) is 1. The monoisotopic (exact) mass is 364 g/mol. The molecule has 2 aromatic rings. The minimum Gasteiger partial charge on any atom is -0.447 e. The van der Waals surface area contributed by atoms with Crippen LogP contribution in [0.15, 0.2) is 30.5 Å². The molecule has 2 rings (SSSR count). The van der Waals surface area contributed by atoms with Crippen molar-refractivity contribution in [3.8, 4) is 11.5 Å². The number of aromatic nitrogens is 1. The topological polar surface area (TPSA) is 130 Å². The Hall–Kier alpha value is -3.43. The smallest absolute Gasteiger partial charge is 0.412 e. The summed E-state index contributed by atoms with van der Waals surface area (Å²) in [5, 5.41) is 13.4. The Morgan fingerprint density at radius 2 is 2.00 bits per heavy atom. The number of benzene rings is 1. The summed E-state index contributed by atoms with van der Waals surface area (Å²) in [5.74, 6) is -1.73. The van der Waals surface area contributed by atoms with Crippen molar-refractivity contribution in [3.63, 3.8) is 0 Å². The predicted molar refractivity (Wildman–Crippen MR) is 91.6 cm³/mol. The van der Waals surface area contributed by atoms with Crippen LogP contribution in [0.1, 0.15) is 20.8 Å². The number of anilines is 2. The van der Waals surface area contributed by atoms with Gasteiger partial charge in [0.15, 0.2) is 11.6 Å². The molecule has 1 heterocycles. The largest absolute Gasteiger partial charge is 0.447 e. The van der Waals surface area contributed by atoms with Crippen molar-refractivity contribution in [3.05, 3.63) is 46.4 Å². The molecule has 10 heteroatoms. The Bertz CT molecular complexity index is 851. The van der Waals surface area contributed by atoms with Crippen LogP contribution in [-0.2, 0) is 4.74 Å². The summed E-state index contributed by atoms with van der Waals surface area (Å²) in [6.45, 7) is 5.08. The molecule has 0 aliphatic rings. The first kappa shape index (κ1) is 18.9. The molecule has 0 fully saturated rings. The van der Waals surface area contributed by atoms with Crippen molar-refractivity contribution in [2.75, 3.05) is 11.1 Å². The van der Waals surface area contributed by atoms with Crippen LogP contribution >= 0.6 is 0 Å². The maximum Gasteiger partial charge on any atom is 0.412 e. The molecule has 3 N–H and O–H groups in total. The highest BCUT2D eigenvalue weighted by atomic mass is 19.1. The van der Waals surface area contributed by atoms with Gasteiger partial charge in [-0.3, -0.25) is 15.4 Å². The van der Waals surface area contributed by atoms with E-state index >= 15 is 0 Å². The molecule has 0 bridgehead atoms. The fourth-order valence-electron chi connectivity index (χ4n) is 1.92. The Balaban J connectivity index is 2.20. The summed E-state index contributed by atoms with van der Waals surface area (Å²) in [4.78, 5) is 25.6. The third-order valence-electron chi connectivity index (χ3n) is 2.90. The number of amides is 1. The number of halogens is 1. The number of nitrogens with zero attached hydrogens (tertiary/aromatic N) is 2. The van der Waals surface area contributed by atoms with Crippen LogP contribution in [0.25, 0.3) is 0 Å². The van der Waals surface area contributed by atoms with Gasteiger partial charge in [-0.15, -0.1) is 0 Å². The average molecular weight is 364 g/mol. The standard InChI is InChI=1S/C16H17FN4O5/c1-16(2,3)26-15(22)20-9-4-5-11(10(17)8-9)25-12-6-7-19-14(18)13(12)21(23)24/h4-8H,1-3H3,(H2,18,19)(H,20,22). The molecule has 0 saturated heterocycles. The summed E-state index contributed by atoms with van der Waals surface area (Å²) in [6.07, 6.45) is 0.455. The van der Waals surface area contributed by atoms with Gasteiger partial charge >= 0.3 is 11.8 Å². The third kappa shape index (κ3) is 4.79. The number of nitrogens with one attached hydrogen (secondary N) is 1. The van der Waals surface area contributed by atoms with Gasteiger partial charge in [-0.05, 0) is 32.9 Å². The van der Waals surface area contributed by atoms with E-state index in [2.05, 4.69) is 10.3 Å². The number of carbonyl (C=O) groups excluding carboxylic acids is 1. The summed E-state index contributed by atoms with van der Waals surface area (Å²) >= 11 is 0. The van der Waals surface area contributed by atoms with Gasteiger partial charge in [0.1, 0.15) is 5.60 Å². The van der Waals surface area contributed by atoms with Crippen LogP contribution in [0.2, 0.25) is 0 Å². The summed E-state index contributed by atoms with van der Waals surface area (Å²) in [6, 6.07) is 4.76. The van der Waals surface area contributed by atoms with E-state index in [9.17, 15) is 19.3 Å². The maximum atomic E-state index is 14.2. The Labute approximate surface area is 148 Å². The molecule has 0 unspecified atom stereocenters. The first-order valence-electron chi connectivity index (χ1n) is 7.43. The fraction of sp³-hybridized carbons (Fsp3) is 0.250. The Kier molecular flexibility index (Phi) is 5.24. The number of nitrogen functional groups attached to an aromatic ring is 1. The van der Waals surface area contributed by atoms with E-state index in [0.29, 0.717) is 0 Å². The maximum absolute atomic E-state index is 14.2. The first-order chi connectivity index (χ1) is 12.1. The fourth-order valence-corrected chi connectivity index (χ4v) is 1.92. The van der Waals surface area contributed by atoms with Crippen LogP contribution in [0.4, 0.5) is 26.4 Å². The van der Waals surface area contributed by atoms with Crippen molar-refractivity contribution in [1.82, 2.24) is 4.98 Å². The lowest BCUT2D eigenvalue weighted by Gasteiger charge is -2.19. The molecule has 1 amide bonds. The lowest BCUT2D eigenvalue weighted by Crippen LogP contribution is -2.27. The van der Waals surface area contributed by atoms with Crippen molar-refractivity contribution < 1.29 is 23.6 Å². The summed E-state index contributed by atoms with van der Waals surface area (Å²) in [7, 11) is 0. The van der Waals surface area contributed by atoms with E-state index in [0.717, 1.165) is 6.07 Å². The van der Waals surface area contributed by atoms with E-state index in [4.69, 9.17) is 15.2 Å². The Morgan fingerprint density at radius 1 is 1.31 bits per heavy atom. The second-order valence-corrected chi connectivity index (χ2v) is 6.17. The van der Waals surface area contributed by atoms with Crippen molar-refractivity contribution >= 4 is 23.3 Å². The summed E-state index contributed by atoms with van der Waals surface area (Å²) in [5.41, 5.74) is 4.32. The number of hydrogen-bond donors (Lipinski definition) is 2.